The SMILES string of the molecule is C=C(C)C(=O)NCCCP(=O)(OC)OC. The van der Waals surface area contributed by atoms with Gasteiger partial charge in [-0.25, -0.2) is 0 Å². The zero-order chi connectivity index (χ0) is 11.9. The van der Waals surface area contributed by atoms with Crippen LogP contribution in [0.4, 0.5) is 0 Å². The van der Waals surface area contributed by atoms with Crippen LogP contribution in [0.15, 0.2) is 12.2 Å². The average molecular weight is 235 g/mol. The summed E-state index contributed by atoms with van der Waals surface area (Å²) in [6.45, 7) is 5.56. The molecular weight excluding hydrogens is 217 g/mol. The normalized spacial score (nSPS) is 11.1. The molecule has 0 rings (SSSR count). The summed E-state index contributed by atoms with van der Waals surface area (Å²) in [5.41, 5.74) is 0.455. The van der Waals surface area contributed by atoms with Crippen LogP contribution >= 0.6 is 7.60 Å². The third-order valence-electron chi connectivity index (χ3n) is 1.84. The van der Waals surface area contributed by atoms with Gasteiger partial charge in [0.1, 0.15) is 0 Å². The average Bonchev–Trinajstić information content (AvgIpc) is 2.23. The van der Waals surface area contributed by atoms with E-state index in [1.807, 2.05) is 0 Å². The van der Waals surface area contributed by atoms with E-state index in [9.17, 15) is 9.36 Å². The first kappa shape index (κ1) is 14.4. The van der Waals surface area contributed by atoms with Crippen molar-refractivity contribution in [1.82, 2.24) is 5.32 Å². The van der Waals surface area contributed by atoms with Crippen LogP contribution in [0.1, 0.15) is 13.3 Å². The molecule has 88 valence electrons. The van der Waals surface area contributed by atoms with Crippen molar-refractivity contribution in [3.8, 4) is 0 Å². The molecule has 0 saturated carbocycles. The highest BCUT2D eigenvalue weighted by Gasteiger charge is 2.19. The Labute approximate surface area is 90.4 Å². The fourth-order valence-corrected chi connectivity index (χ4v) is 1.94. The summed E-state index contributed by atoms with van der Waals surface area (Å²) in [5.74, 6) is -0.195. The van der Waals surface area contributed by atoms with Crippen LogP contribution in [0.3, 0.4) is 0 Å². The Bertz CT molecular complexity index is 269. The topological polar surface area (TPSA) is 64.6 Å². The number of nitrogens with one attached hydrogen (secondary N) is 1. The number of carbonyl (C=O) groups excluding carboxylic acids is 1. The molecule has 15 heavy (non-hydrogen) atoms. The minimum Gasteiger partial charge on any atom is -0.352 e. The molecule has 6 heteroatoms. The summed E-state index contributed by atoms with van der Waals surface area (Å²) in [7, 11) is -0.251. The molecule has 0 unspecified atom stereocenters. The summed E-state index contributed by atoms with van der Waals surface area (Å²) < 4.78 is 21.0. The molecule has 0 aromatic carbocycles. The Morgan fingerprint density at radius 1 is 1.40 bits per heavy atom. The van der Waals surface area contributed by atoms with Crippen molar-refractivity contribution in [1.29, 1.82) is 0 Å². The second-order valence-electron chi connectivity index (χ2n) is 3.09. The van der Waals surface area contributed by atoms with Crippen molar-refractivity contribution in [3.05, 3.63) is 12.2 Å². The number of rotatable bonds is 7. The summed E-state index contributed by atoms with van der Waals surface area (Å²) in [6.07, 6.45) is 0.828. The molecule has 5 nitrogen and oxygen atoms in total. The summed E-state index contributed by atoms with van der Waals surface area (Å²) in [5, 5.41) is 2.63. The molecule has 1 N–H and O–H groups in total. The molecule has 0 aliphatic rings. The number of hydrogen-bond acceptors (Lipinski definition) is 4. The van der Waals surface area contributed by atoms with E-state index in [0.29, 0.717) is 18.5 Å². The molecule has 0 aliphatic carbocycles. The quantitative estimate of drug-likeness (QED) is 0.413. The first-order valence-corrected chi connectivity index (χ1v) is 6.32. The van der Waals surface area contributed by atoms with E-state index in [-0.39, 0.29) is 12.1 Å². The van der Waals surface area contributed by atoms with Crippen LogP contribution in [-0.4, -0.2) is 32.8 Å². The Hall–Kier alpha value is -0.640. The lowest BCUT2D eigenvalue weighted by molar-refractivity contribution is -0.117. The number of amides is 1. The fraction of sp³-hybridized carbons (Fsp3) is 0.667. The smallest absolute Gasteiger partial charge is 0.330 e. The molecule has 0 aromatic rings. The van der Waals surface area contributed by atoms with Crippen molar-refractivity contribution in [2.75, 3.05) is 26.9 Å². The number of carbonyl (C=O) groups is 1. The van der Waals surface area contributed by atoms with Crippen LogP contribution in [-0.2, 0) is 18.4 Å². The molecule has 1 amide bonds. The molecule has 0 fully saturated rings. The van der Waals surface area contributed by atoms with E-state index in [4.69, 9.17) is 9.05 Å². The highest BCUT2D eigenvalue weighted by molar-refractivity contribution is 7.53. The fourth-order valence-electron chi connectivity index (χ4n) is 0.883. The maximum atomic E-state index is 11.6. The van der Waals surface area contributed by atoms with Crippen molar-refractivity contribution >= 4 is 13.5 Å². The summed E-state index contributed by atoms with van der Waals surface area (Å²) in [4.78, 5) is 11.1. The van der Waals surface area contributed by atoms with Gasteiger partial charge in [0.2, 0.25) is 5.91 Å². The summed E-state index contributed by atoms with van der Waals surface area (Å²) in [6, 6.07) is 0. The monoisotopic (exact) mass is 235 g/mol. The standard InChI is InChI=1S/C9H18NO4P/c1-8(2)9(11)10-6-5-7-15(12,13-3)14-4/h1,5-7H2,2-4H3,(H,10,11). The van der Waals surface area contributed by atoms with Crippen molar-refractivity contribution in [2.45, 2.75) is 13.3 Å². The van der Waals surface area contributed by atoms with E-state index in [0.717, 1.165) is 0 Å². The molecule has 0 saturated heterocycles. The van der Waals surface area contributed by atoms with Crippen LogP contribution in [0.2, 0.25) is 0 Å². The van der Waals surface area contributed by atoms with Gasteiger partial charge in [-0.05, 0) is 13.3 Å². The molecule has 0 bridgehead atoms. The van der Waals surface area contributed by atoms with Gasteiger partial charge in [0.15, 0.2) is 0 Å². The molecule has 0 spiro atoms. The Balaban J connectivity index is 3.76. The maximum absolute atomic E-state index is 11.6. The first-order chi connectivity index (χ1) is 6.95. The molecule has 0 radical (unpaired) electrons. The van der Waals surface area contributed by atoms with E-state index in [1.165, 1.54) is 14.2 Å². The first-order valence-electron chi connectivity index (χ1n) is 4.59. The van der Waals surface area contributed by atoms with Gasteiger partial charge in [0, 0.05) is 26.3 Å². The highest BCUT2D eigenvalue weighted by Crippen LogP contribution is 2.46. The van der Waals surface area contributed by atoms with Crippen molar-refractivity contribution < 1.29 is 18.4 Å². The third kappa shape index (κ3) is 5.72. The molecular formula is C9H18NO4P. The van der Waals surface area contributed by atoms with Crippen LogP contribution in [0.5, 0.6) is 0 Å². The second-order valence-corrected chi connectivity index (χ2v) is 5.49. The van der Waals surface area contributed by atoms with Gasteiger partial charge in [0.05, 0.1) is 6.16 Å². The van der Waals surface area contributed by atoms with E-state index in [2.05, 4.69) is 11.9 Å². The van der Waals surface area contributed by atoms with Gasteiger partial charge in [-0.15, -0.1) is 0 Å². The molecule has 0 aliphatic heterocycles. The lowest BCUT2D eigenvalue weighted by atomic mass is 10.3. The summed E-state index contributed by atoms with van der Waals surface area (Å²) >= 11 is 0. The second kappa shape index (κ2) is 6.77. The van der Waals surface area contributed by atoms with Crippen molar-refractivity contribution in [3.63, 3.8) is 0 Å². The Kier molecular flexibility index (Phi) is 6.48. The minimum atomic E-state index is -2.94. The van der Waals surface area contributed by atoms with Gasteiger partial charge in [-0.3, -0.25) is 9.36 Å². The number of hydrogen-bond donors (Lipinski definition) is 1. The van der Waals surface area contributed by atoms with E-state index < -0.39 is 7.60 Å². The van der Waals surface area contributed by atoms with Gasteiger partial charge >= 0.3 is 7.60 Å². The molecule has 0 heterocycles. The predicted molar refractivity (Wildman–Crippen MR) is 58.9 cm³/mol. The van der Waals surface area contributed by atoms with Crippen LogP contribution < -0.4 is 5.32 Å². The lowest BCUT2D eigenvalue weighted by Gasteiger charge is -2.13. The maximum Gasteiger partial charge on any atom is 0.330 e. The van der Waals surface area contributed by atoms with Crippen LogP contribution in [0.25, 0.3) is 0 Å². The van der Waals surface area contributed by atoms with Crippen LogP contribution in [0, 0.1) is 0 Å². The van der Waals surface area contributed by atoms with Gasteiger partial charge in [-0.1, -0.05) is 6.58 Å². The zero-order valence-corrected chi connectivity index (χ0v) is 10.3. The molecule has 0 atom stereocenters. The lowest BCUT2D eigenvalue weighted by Crippen LogP contribution is -2.25. The van der Waals surface area contributed by atoms with E-state index in [1.54, 1.807) is 6.92 Å². The zero-order valence-electron chi connectivity index (χ0n) is 9.41. The largest absolute Gasteiger partial charge is 0.352 e. The van der Waals surface area contributed by atoms with Gasteiger partial charge < -0.3 is 14.4 Å². The molecule has 0 aromatic heterocycles. The Morgan fingerprint density at radius 2 is 1.93 bits per heavy atom. The van der Waals surface area contributed by atoms with E-state index >= 15 is 0 Å². The van der Waals surface area contributed by atoms with Gasteiger partial charge in [-0.2, -0.15) is 0 Å². The van der Waals surface area contributed by atoms with Gasteiger partial charge in [0.25, 0.3) is 0 Å². The third-order valence-corrected chi connectivity index (χ3v) is 3.81. The Morgan fingerprint density at radius 3 is 2.33 bits per heavy atom. The minimum absolute atomic E-state index is 0.195. The van der Waals surface area contributed by atoms with Crippen molar-refractivity contribution in [2.24, 2.45) is 0 Å². The predicted octanol–water partition coefficient (Wildman–Crippen LogP) is 1.55. The highest BCUT2D eigenvalue weighted by atomic mass is 31.2.